The molecule has 5 nitrogen and oxygen atoms in total. The molecule has 7 heteroatoms. The van der Waals surface area contributed by atoms with E-state index in [0.717, 1.165) is 27.6 Å². The van der Waals surface area contributed by atoms with E-state index in [2.05, 4.69) is 0 Å². The third-order valence-corrected chi connectivity index (χ3v) is 5.54. The van der Waals surface area contributed by atoms with E-state index in [4.69, 9.17) is 9.47 Å². The number of pyridine rings is 1. The van der Waals surface area contributed by atoms with E-state index in [1.807, 2.05) is 13.8 Å². The van der Waals surface area contributed by atoms with Crippen LogP contribution in [0.25, 0.3) is 16.5 Å². The van der Waals surface area contributed by atoms with Crippen molar-refractivity contribution in [1.82, 2.24) is 4.57 Å². The van der Waals surface area contributed by atoms with Gasteiger partial charge in [-0.1, -0.05) is 6.07 Å². The molecule has 1 aliphatic carbocycles. The number of ketones is 1. The van der Waals surface area contributed by atoms with Crippen molar-refractivity contribution in [3.05, 3.63) is 87.2 Å². The summed E-state index contributed by atoms with van der Waals surface area (Å²) in [4.78, 5) is 23.2. The fourth-order valence-corrected chi connectivity index (χ4v) is 4.02. The van der Waals surface area contributed by atoms with E-state index in [-0.39, 0.29) is 29.5 Å². The number of carbonyl (C=O) groups excluding carboxylic acids is 1. The molecule has 0 radical (unpaired) electrons. The van der Waals surface area contributed by atoms with E-state index >= 15 is 0 Å². The maximum atomic E-state index is 13.4. The number of allylic oxidation sites excluding steroid dienone is 2. The monoisotopic (exact) mass is 439 g/mol. The highest BCUT2D eigenvalue weighted by molar-refractivity contribution is 6.01. The lowest BCUT2D eigenvalue weighted by Crippen LogP contribution is -2.27. The molecule has 32 heavy (non-hydrogen) atoms. The minimum Gasteiger partial charge on any atom is -0.348 e. The lowest BCUT2D eigenvalue weighted by atomic mass is 9.91. The van der Waals surface area contributed by atoms with Crippen molar-refractivity contribution in [2.75, 3.05) is 13.2 Å². The van der Waals surface area contributed by atoms with Gasteiger partial charge in [0.05, 0.1) is 25.3 Å². The molecule has 2 aromatic carbocycles. The standard InChI is InChI=1S/C14H14FNO3.C11H9FO/c1-9-6-13(17)16(8-14-18-4-5-19-14)12-7-10(15)2-3-11(9)12;1-7-4-10(13)6-8-5-9(12)2-3-11(7)8/h2-3,6-7,14H,4-5,8H2,1H3;2-5H,6H2,1H3. The van der Waals surface area contributed by atoms with Crippen LogP contribution in [0.3, 0.4) is 0 Å². The van der Waals surface area contributed by atoms with E-state index in [1.165, 1.54) is 28.8 Å². The molecule has 0 bridgehead atoms. The summed E-state index contributed by atoms with van der Waals surface area (Å²) in [5.41, 5.74) is 3.94. The Morgan fingerprint density at radius 2 is 1.66 bits per heavy atom. The molecule has 1 aliphatic heterocycles. The minimum absolute atomic E-state index is 0.0515. The van der Waals surface area contributed by atoms with Crippen LogP contribution in [0.15, 0.2) is 53.3 Å². The van der Waals surface area contributed by atoms with Gasteiger partial charge in [-0.15, -0.1) is 0 Å². The summed E-state index contributed by atoms with van der Waals surface area (Å²) in [6.45, 7) is 5.04. The zero-order valence-electron chi connectivity index (χ0n) is 17.9. The Morgan fingerprint density at radius 1 is 0.969 bits per heavy atom. The lowest BCUT2D eigenvalue weighted by molar-refractivity contribution is -0.114. The predicted octanol–water partition coefficient (Wildman–Crippen LogP) is 4.18. The first-order valence-corrected chi connectivity index (χ1v) is 10.3. The highest BCUT2D eigenvalue weighted by Crippen LogP contribution is 2.25. The molecule has 0 unspecified atom stereocenters. The van der Waals surface area contributed by atoms with Gasteiger partial charge in [0.15, 0.2) is 12.1 Å². The Balaban J connectivity index is 0.000000165. The molecule has 0 atom stereocenters. The Hall–Kier alpha value is -3.16. The van der Waals surface area contributed by atoms with Crippen LogP contribution < -0.4 is 5.56 Å². The van der Waals surface area contributed by atoms with Crippen molar-refractivity contribution in [1.29, 1.82) is 0 Å². The molecule has 5 rings (SSSR count). The quantitative estimate of drug-likeness (QED) is 0.601. The normalized spacial score (nSPS) is 15.9. The maximum Gasteiger partial charge on any atom is 0.251 e. The maximum absolute atomic E-state index is 13.4. The van der Waals surface area contributed by atoms with Gasteiger partial charge >= 0.3 is 0 Å². The zero-order chi connectivity index (χ0) is 22.8. The molecule has 0 amide bonds. The number of hydrogen-bond acceptors (Lipinski definition) is 4. The van der Waals surface area contributed by atoms with Crippen molar-refractivity contribution in [3.63, 3.8) is 0 Å². The summed E-state index contributed by atoms with van der Waals surface area (Å²) in [5.74, 6) is -0.587. The molecule has 0 N–H and O–H groups in total. The number of halogens is 2. The first-order valence-electron chi connectivity index (χ1n) is 10.3. The Labute approximate surface area is 183 Å². The number of fused-ring (bicyclic) bond motifs is 2. The molecule has 2 aliphatic rings. The molecule has 0 saturated carbocycles. The van der Waals surface area contributed by atoms with Crippen LogP contribution in [0.4, 0.5) is 8.78 Å². The predicted molar refractivity (Wildman–Crippen MR) is 117 cm³/mol. The first kappa shape index (κ1) is 22.0. The van der Waals surface area contributed by atoms with Crippen LogP contribution in [0.1, 0.15) is 23.6 Å². The van der Waals surface area contributed by atoms with Crippen molar-refractivity contribution < 1.29 is 23.0 Å². The van der Waals surface area contributed by atoms with Gasteiger partial charge in [0.25, 0.3) is 5.56 Å². The van der Waals surface area contributed by atoms with Gasteiger partial charge in [0.2, 0.25) is 0 Å². The minimum atomic E-state index is -0.438. The molecule has 1 aromatic heterocycles. The zero-order valence-corrected chi connectivity index (χ0v) is 17.9. The third kappa shape index (κ3) is 4.69. The molecule has 2 heterocycles. The van der Waals surface area contributed by atoms with Crippen molar-refractivity contribution in [2.45, 2.75) is 33.1 Å². The average molecular weight is 439 g/mol. The first-order chi connectivity index (χ1) is 15.3. The average Bonchev–Trinajstić information content (AvgIpc) is 3.24. The summed E-state index contributed by atoms with van der Waals surface area (Å²) in [6, 6.07) is 10.6. The summed E-state index contributed by atoms with van der Waals surface area (Å²) in [5, 5.41) is 0.860. The van der Waals surface area contributed by atoms with E-state index in [0.29, 0.717) is 25.2 Å². The van der Waals surface area contributed by atoms with Gasteiger partial charge in [-0.2, -0.15) is 0 Å². The van der Waals surface area contributed by atoms with Crippen molar-refractivity contribution >= 4 is 22.3 Å². The molecule has 166 valence electrons. The van der Waals surface area contributed by atoms with Crippen LogP contribution in [-0.4, -0.2) is 29.9 Å². The highest BCUT2D eigenvalue weighted by atomic mass is 19.1. The fraction of sp³-hybridized carbons (Fsp3) is 0.280. The number of nitrogens with zero attached hydrogens (tertiary/aromatic N) is 1. The lowest BCUT2D eigenvalue weighted by Gasteiger charge is -2.15. The van der Waals surface area contributed by atoms with Gasteiger partial charge in [0, 0.05) is 17.9 Å². The van der Waals surface area contributed by atoms with E-state index in [1.54, 1.807) is 24.3 Å². The van der Waals surface area contributed by atoms with E-state index in [9.17, 15) is 18.4 Å². The van der Waals surface area contributed by atoms with Gasteiger partial charge in [-0.3, -0.25) is 9.59 Å². The molecule has 3 aromatic rings. The highest BCUT2D eigenvalue weighted by Gasteiger charge is 2.19. The van der Waals surface area contributed by atoms with Crippen LogP contribution in [0, 0.1) is 18.6 Å². The number of ether oxygens (including phenoxy) is 2. The van der Waals surface area contributed by atoms with Crippen LogP contribution in [0.2, 0.25) is 0 Å². The molecular formula is C25H23F2NO4. The van der Waals surface area contributed by atoms with Crippen molar-refractivity contribution in [3.8, 4) is 0 Å². The Morgan fingerprint density at radius 3 is 2.41 bits per heavy atom. The van der Waals surface area contributed by atoms with Crippen molar-refractivity contribution in [2.24, 2.45) is 0 Å². The number of aromatic nitrogens is 1. The number of carbonyl (C=O) groups is 1. The summed E-state index contributed by atoms with van der Waals surface area (Å²) in [6.07, 6.45) is 1.50. The van der Waals surface area contributed by atoms with Gasteiger partial charge in [0.1, 0.15) is 11.6 Å². The second kappa shape index (κ2) is 9.14. The van der Waals surface area contributed by atoms with Gasteiger partial charge in [-0.25, -0.2) is 8.78 Å². The molecular weight excluding hydrogens is 416 g/mol. The number of rotatable bonds is 2. The molecule has 0 spiro atoms. The fourth-order valence-electron chi connectivity index (χ4n) is 4.02. The summed E-state index contributed by atoms with van der Waals surface area (Å²) < 4.78 is 38.4. The molecule has 1 fully saturated rings. The second-order valence-electron chi connectivity index (χ2n) is 7.88. The van der Waals surface area contributed by atoms with Crippen LogP contribution in [0.5, 0.6) is 0 Å². The summed E-state index contributed by atoms with van der Waals surface area (Å²) in [7, 11) is 0. The van der Waals surface area contributed by atoms with Gasteiger partial charge in [-0.05, 0) is 72.5 Å². The Bertz CT molecular complexity index is 1270. The number of hydrogen-bond donors (Lipinski definition) is 0. The SMILES string of the molecule is CC1=CC(=O)Cc2cc(F)ccc21.Cc1cc(=O)n(CC2OCCO2)c2cc(F)ccc12. The van der Waals surface area contributed by atoms with Gasteiger partial charge < -0.3 is 14.0 Å². The van der Waals surface area contributed by atoms with Crippen LogP contribution >= 0.6 is 0 Å². The Kier molecular flexibility index (Phi) is 6.30. The second-order valence-corrected chi connectivity index (χ2v) is 7.88. The van der Waals surface area contributed by atoms with E-state index < -0.39 is 6.29 Å². The topological polar surface area (TPSA) is 57.5 Å². The number of benzene rings is 2. The summed E-state index contributed by atoms with van der Waals surface area (Å²) >= 11 is 0. The largest absolute Gasteiger partial charge is 0.348 e. The smallest absolute Gasteiger partial charge is 0.251 e. The van der Waals surface area contributed by atoms with Crippen LogP contribution in [-0.2, 0) is 27.2 Å². The molecule has 1 saturated heterocycles. The third-order valence-electron chi connectivity index (χ3n) is 5.54. The number of aryl methyl sites for hydroxylation is 1.